The molecule has 2 heterocycles. The second kappa shape index (κ2) is 9.25. The van der Waals surface area contributed by atoms with Gasteiger partial charge in [-0.05, 0) is 59.1 Å². The van der Waals surface area contributed by atoms with Crippen LogP contribution in [0.4, 0.5) is 5.69 Å². The van der Waals surface area contributed by atoms with E-state index in [4.69, 9.17) is 4.98 Å². The Morgan fingerprint density at radius 2 is 1.76 bits per heavy atom. The Balaban J connectivity index is 1.34. The van der Waals surface area contributed by atoms with Gasteiger partial charge in [0.2, 0.25) is 11.1 Å². The largest absolute Gasteiger partial charge is 0.326 e. The lowest BCUT2D eigenvalue weighted by molar-refractivity contribution is -0.116. The van der Waals surface area contributed by atoms with Gasteiger partial charge >= 0.3 is 0 Å². The molecule has 164 valence electrons. The molecule has 9 heteroatoms. The van der Waals surface area contributed by atoms with Gasteiger partial charge in [0, 0.05) is 24.2 Å². The van der Waals surface area contributed by atoms with E-state index >= 15 is 0 Å². The van der Waals surface area contributed by atoms with Gasteiger partial charge in [0.15, 0.2) is 0 Å². The molecule has 0 fully saturated rings. The number of fused-ring (bicyclic) bond motifs is 1. The van der Waals surface area contributed by atoms with Crippen LogP contribution >= 0.6 is 11.8 Å². The van der Waals surface area contributed by atoms with Gasteiger partial charge in [0.05, 0.1) is 16.7 Å². The number of hydrogen-bond acceptors (Lipinski definition) is 6. The number of benzene rings is 3. The maximum atomic E-state index is 12.8. The Kier molecular flexibility index (Phi) is 5.86. The Morgan fingerprint density at radius 3 is 2.61 bits per heavy atom. The molecule has 5 rings (SSSR count). The van der Waals surface area contributed by atoms with Gasteiger partial charge < -0.3 is 5.32 Å². The number of thioether (sulfide) groups is 1. The van der Waals surface area contributed by atoms with Crippen molar-refractivity contribution in [3.05, 3.63) is 84.7 Å². The van der Waals surface area contributed by atoms with E-state index in [1.165, 1.54) is 11.8 Å². The number of tetrazole rings is 1. The zero-order chi connectivity index (χ0) is 22.6. The fraction of sp³-hybridized carbons (Fsp3) is 0.125. The first-order valence-electron chi connectivity index (χ1n) is 10.5. The third kappa shape index (κ3) is 4.35. The van der Waals surface area contributed by atoms with Gasteiger partial charge in [-0.15, -0.1) is 5.10 Å². The molecule has 2 aromatic heterocycles. The lowest BCUT2D eigenvalue weighted by Crippen LogP contribution is -2.14. The minimum absolute atomic E-state index is 0.0828. The van der Waals surface area contributed by atoms with Crippen LogP contribution < -0.4 is 5.32 Å². The second-order valence-electron chi connectivity index (χ2n) is 7.36. The third-order valence-electron chi connectivity index (χ3n) is 5.22. The van der Waals surface area contributed by atoms with Crippen molar-refractivity contribution in [3.63, 3.8) is 0 Å². The van der Waals surface area contributed by atoms with E-state index in [2.05, 4.69) is 25.4 Å². The van der Waals surface area contributed by atoms with Crippen molar-refractivity contribution in [1.82, 2.24) is 29.8 Å². The Bertz CT molecular complexity index is 1410. The number of aryl methyl sites for hydroxylation is 1. The zero-order valence-corrected chi connectivity index (χ0v) is 18.7. The summed E-state index contributed by atoms with van der Waals surface area (Å²) in [5.74, 6) is 0.769. The summed E-state index contributed by atoms with van der Waals surface area (Å²) >= 11 is 1.45. The first-order chi connectivity index (χ1) is 16.2. The number of amides is 1. The Morgan fingerprint density at radius 1 is 0.970 bits per heavy atom. The molecule has 0 aliphatic rings. The molecular formula is C24H21N7OS. The lowest BCUT2D eigenvalue weighted by atomic mass is 10.2. The third-order valence-corrected chi connectivity index (χ3v) is 5.84. The molecule has 8 nitrogen and oxygen atoms in total. The fourth-order valence-corrected chi connectivity index (χ4v) is 4.17. The molecule has 5 aromatic rings. The molecule has 3 aromatic carbocycles. The van der Waals surface area contributed by atoms with Crippen molar-refractivity contribution in [1.29, 1.82) is 0 Å². The molecule has 0 atom stereocenters. The van der Waals surface area contributed by atoms with E-state index in [0.717, 1.165) is 28.2 Å². The predicted molar refractivity (Wildman–Crippen MR) is 129 cm³/mol. The van der Waals surface area contributed by atoms with E-state index in [0.29, 0.717) is 23.7 Å². The highest BCUT2D eigenvalue weighted by Gasteiger charge is 2.14. The first-order valence-corrected chi connectivity index (χ1v) is 11.7. The first kappa shape index (κ1) is 20.9. The van der Waals surface area contributed by atoms with E-state index in [9.17, 15) is 4.79 Å². The molecule has 0 saturated heterocycles. The number of carbonyl (C=O) groups excluding carboxylic acids is 1. The van der Waals surface area contributed by atoms with E-state index in [1.807, 2.05) is 85.1 Å². The van der Waals surface area contributed by atoms with Crippen molar-refractivity contribution in [3.8, 4) is 11.4 Å². The highest BCUT2D eigenvalue weighted by Crippen LogP contribution is 2.23. The molecular weight excluding hydrogens is 434 g/mol. The number of para-hydroxylation sites is 3. The smallest absolute Gasteiger partial charge is 0.224 e. The van der Waals surface area contributed by atoms with Crippen molar-refractivity contribution in [2.24, 2.45) is 0 Å². The van der Waals surface area contributed by atoms with Crippen molar-refractivity contribution in [2.75, 3.05) is 11.6 Å². The summed E-state index contributed by atoms with van der Waals surface area (Å²) < 4.78 is 3.76. The number of hydrogen-bond donors (Lipinski definition) is 1. The van der Waals surface area contributed by atoms with Gasteiger partial charge in [-0.3, -0.25) is 9.36 Å². The summed E-state index contributed by atoms with van der Waals surface area (Å²) in [5, 5.41) is 15.4. The quantitative estimate of drug-likeness (QED) is 0.368. The number of anilines is 1. The molecule has 0 aliphatic heterocycles. The van der Waals surface area contributed by atoms with Crippen LogP contribution in [0.25, 0.3) is 22.4 Å². The number of imidazole rings is 1. The Labute approximate surface area is 194 Å². The highest BCUT2D eigenvalue weighted by molar-refractivity contribution is 7.98. The van der Waals surface area contributed by atoms with Crippen LogP contribution in [0.15, 0.2) is 84.0 Å². The van der Waals surface area contributed by atoms with Crippen LogP contribution in [0.5, 0.6) is 0 Å². The number of carbonyl (C=O) groups is 1. The zero-order valence-electron chi connectivity index (χ0n) is 17.9. The van der Waals surface area contributed by atoms with Gasteiger partial charge in [-0.25, -0.2) is 4.98 Å². The summed E-state index contributed by atoms with van der Waals surface area (Å²) in [6.45, 7) is 0. The van der Waals surface area contributed by atoms with E-state index < -0.39 is 0 Å². The van der Waals surface area contributed by atoms with Crippen LogP contribution in [-0.4, -0.2) is 41.9 Å². The summed E-state index contributed by atoms with van der Waals surface area (Å²) in [6.07, 6.45) is 2.73. The minimum Gasteiger partial charge on any atom is -0.326 e. The molecule has 1 N–H and O–H groups in total. The maximum absolute atomic E-state index is 12.8. The standard InChI is InChI=1S/C24H21N7OS/c1-33-24-27-28-29-31(24)19-11-7-8-17(16-19)25-23(32)15-14-22-26-20-12-5-6-13-21(20)30(22)18-9-3-2-4-10-18/h2-13,16H,14-15H2,1H3,(H,25,32). The minimum atomic E-state index is -0.0828. The molecule has 0 unspecified atom stereocenters. The van der Waals surface area contributed by atoms with Gasteiger partial charge in [-0.2, -0.15) is 4.68 Å². The predicted octanol–water partition coefficient (Wildman–Crippen LogP) is 4.29. The van der Waals surface area contributed by atoms with Crippen LogP contribution in [-0.2, 0) is 11.2 Å². The normalized spacial score (nSPS) is 11.1. The van der Waals surface area contributed by atoms with E-state index in [-0.39, 0.29) is 5.91 Å². The molecule has 0 saturated carbocycles. The monoisotopic (exact) mass is 455 g/mol. The van der Waals surface area contributed by atoms with Crippen molar-refractivity contribution in [2.45, 2.75) is 18.0 Å². The fourth-order valence-electron chi connectivity index (χ4n) is 3.74. The van der Waals surface area contributed by atoms with Crippen LogP contribution in [0.2, 0.25) is 0 Å². The van der Waals surface area contributed by atoms with Crippen LogP contribution in [0, 0.1) is 0 Å². The maximum Gasteiger partial charge on any atom is 0.224 e. The van der Waals surface area contributed by atoms with Gasteiger partial charge in [-0.1, -0.05) is 48.2 Å². The molecule has 0 radical (unpaired) electrons. The average molecular weight is 456 g/mol. The molecule has 0 aliphatic carbocycles. The Hall–Kier alpha value is -3.98. The average Bonchev–Trinajstić information content (AvgIpc) is 3.48. The number of nitrogens with zero attached hydrogens (tertiary/aromatic N) is 6. The van der Waals surface area contributed by atoms with E-state index in [1.54, 1.807) is 4.68 Å². The number of nitrogens with one attached hydrogen (secondary N) is 1. The number of rotatable bonds is 7. The lowest BCUT2D eigenvalue weighted by Gasteiger charge is -2.10. The second-order valence-corrected chi connectivity index (χ2v) is 8.14. The van der Waals surface area contributed by atoms with Crippen LogP contribution in [0.1, 0.15) is 12.2 Å². The molecule has 0 spiro atoms. The topological polar surface area (TPSA) is 90.5 Å². The molecule has 0 bridgehead atoms. The van der Waals surface area contributed by atoms with Gasteiger partial charge in [0.1, 0.15) is 5.82 Å². The van der Waals surface area contributed by atoms with Crippen molar-refractivity contribution >= 4 is 34.4 Å². The highest BCUT2D eigenvalue weighted by atomic mass is 32.2. The summed E-state index contributed by atoms with van der Waals surface area (Å²) in [4.78, 5) is 17.6. The molecule has 33 heavy (non-hydrogen) atoms. The van der Waals surface area contributed by atoms with Crippen molar-refractivity contribution < 1.29 is 4.79 Å². The SMILES string of the molecule is CSc1nnnn1-c1cccc(NC(=O)CCc2nc3ccccc3n2-c2ccccc2)c1. The summed E-state index contributed by atoms with van der Waals surface area (Å²) in [5.41, 5.74) is 4.44. The summed E-state index contributed by atoms with van der Waals surface area (Å²) in [6, 6.07) is 25.6. The van der Waals surface area contributed by atoms with Crippen LogP contribution in [0.3, 0.4) is 0 Å². The summed E-state index contributed by atoms with van der Waals surface area (Å²) in [7, 11) is 0. The molecule has 1 amide bonds. The van der Waals surface area contributed by atoms with Gasteiger partial charge in [0.25, 0.3) is 0 Å². The number of aromatic nitrogens is 6.